The number of thiazole rings is 1. The molecule has 5 heteroatoms. The quantitative estimate of drug-likeness (QED) is 0.825. The first-order valence-corrected chi connectivity index (χ1v) is 8.78. The van der Waals surface area contributed by atoms with Gasteiger partial charge in [0.1, 0.15) is 5.69 Å². The molecule has 22 heavy (non-hydrogen) atoms. The molecule has 1 heterocycles. The van der Waals surface area contributed by atoms with Crippen LogP contribution >= 0.6 is 11.3 Å². The topological polar surface area (TPSA) is 54.0 Å². The lowest BCUT2D eigenvalue weighted by Gasteiger charge is -2.15. The summed E-state index contributed by atoms with van der Waals surface area (Å²) in [7, 11) is 0. The number of rotatable bonds is 4. The van der Waals surface area contributed by atoms with Crippen LogP contribution in [-0.4, -0.2) is 16.9 Å². The average molecular weight is 315 g/mol. The summed E-state index contributed by atoms with van der Waals surface area (Å²) in [6, 6.07) is 10.2. The summed E-state index contributed by atoms with van der Waals surface area (Å²) in [5, 5.41) is 8.91. The molecule has 2 N–H and O–H groups in total. The average Bonchev–Trinajstić information content (AvgIpc) is 2.85. The Kier molecular flexibility index (Phi) is 5.06. The van der Waals surface area contributed by atoms with E-state index in [0.717, 1.165) is 23.7 Å². The summed E-state index contributed by atoms with van der Waals surface area (Å²) in [4.78, 5) is 16.7. The number of aromatic nitrogens is 1. The maximum absolute atomic E-state index is 12.3. The highest BCUT2D eigenvalue weighted by atomic mass is 32.1. The monoisotopic (exact) mass is 315 g/mol. The first kappa shape index (κ1) is 15.0. The number of nitrogens with one attached hydrogen (secondary N) is 2. The Bertz CT molecular complexity index is 603. The molecule has 2 aromatic rings. The summed E-state index contributed by atoms with van der Waals surface area (Å²) in [6.07, 6.45) is 7.17. The zero-order chi connectivity index (χ0) is 15.2. The van der Waals surface area contributed by atoms with E-state index in [4.69, 9.17) is 0 Å². The van der Waals surface area contributed by atoms with Crippen LogP contribution in [0.4, 0.5) is 10.8 Å². The van der Waals surface area contributed by atoms with Gasteiger partial charge in [-0.1, -0.05) is 43.9 Å². The number of amides is 1. The number of benzene rings is 1. The number of hydrogen-bond donors (Lipinski definition) is 2. The molecular weight excluding hydrogens is 294 g/mol. The molecule has 0 unspecified atom stereocenters. The fourth-order valence-electron chi connectivity index (χ4n) is 2.76. The molecule has 1 saturated carbocycles. The van der Waals surface area contributed by atoms with Crippen molar-refractivity contribution in [2.24, 2.45) is 0 Å². The lowest BCUT2D eigenvalue weighted by atomic mass is 10.1. The van der Waals surface area contributed by atoms with Gasteiger partial charge in [0, 0.05) is 17.1 Å². The Labute approximate surface area is 135 Å². The Morgan fingerprint density at radius 2 is 1.82 bits per heavy atom. The molecule has 0 radical (unpaired) electrons. The zero-order valence-electron chi connectivity index (χ0n) is 12.5. The standard InChI is InChI=1S/C17H21N3OS/c21-16(18-13-8-4-1-2-5-9-13)15-12-22-17(20-15)19-14-10-6-3-7-11-14/h3,6-7,10-13H,1-2,4-5,8-9H2,(H,18,21)(H,19,20). The third-order valence-electron chi connectivity index (χ3n) is 3.95. The molecule has 0 saturated heterocycles. The molecule has 4 nitrogen and oxygen atoms in total. The lowest BCUT2D eigenvalue weighted by molar-refractivity contribution is 0.0929. The normalized spacial score (nSPS) is 16.0. The fraction of sp³-hybridized carbons (Fsp3) is 0.412. The molecule has 0 aliphatic heterocycles. The van der Waals surface area contributed by atoms with Gasteiger partial charge in [-0.05, 0) is 25.0 Å². The van der Waals surface area contributed by atoms with Gasteiger partial charge in [0.2, 0.25) is 0 Å². The predicted octanol–water partition coefficient (Wildman–Crippen LogP) is 4.34. The van der Waals surface area contributed by atoms with Gasteiger partial charge >= 0.3 is 0 Å². The summed E-state index contributed by atoms with van der Waals surface area (Å²) in [6.45, 7) is 0. The first-order valence-electron chi connectivity index (χ1n) is 7.90. The SMILES string of the molecule is O=C(NC1CCCCCC1)c1csc(Nc2ccccc2)n1. The maximum atomic E-state index is 12.3. The van der Waals surface area contributed by atoms with Crippen molar-refractivity contribution in [2.45, 2.75) is 44.6 Å². The van der Waals surface area contributed by atoms with Crippen LogP contribution in [0, 0.1) is 0 Å². The predicted molar refractivity (Wildman–Crippen MR) is 90.8 cm³/mol. The molecular formula is C17H21N3OS. The molecule has 1 aliphatic rings. The number of carbonyl (C=O) groups is 1. The molecule has 0 bridgehead atoms. The van der Waals surface area contributed by atoms with Gasteiger partial charge < -0.3 is 10.6 Å². The Hall–Kier alpha value is -1.88. The summed E-state index contributed by atoms with van der Waals surface area (Å²) >= 11 is 1.46. The van der Waals surface area contributed by atoms with Crippen molar-refractivity contribution in [3.05, 3.63) is 41.4 Å². The van der Waals surface area contributed by atoms with Gasteiger partial charge in [0.15, 0.2) is 5.13 Å². The highest BCUT2D eigenvalue weighted by Gasteiger charge is 2.17. The van der Waals surface area contributed by atoms with E-state index in [1.54, 1.807) is 0 Å². The van der Waals surface area contributed by atoms with Gasteiger partial charge in [0.25, 0.3) is 5.91 Å². The second-order valence-corrected chi connectivity index (χ2v) is 6.55. The third-order valence-corrected chi connectivity index (χ3v) is 4.71. The van der Waals surface area contributed by atoms with Crippen molar-refractivity contribution in [3.63, 3.8) is 0 Å². The van der Waals surface area contributed by atoms with Crippen LogP contribution in [0.15, 0.2) is 35.7 Å². The number of hydrogen-bond acceptors (Lipinski definition) is 4. The molecule has 3 rings (SSSR count). The van der Waals surface area contributed by atoms with E-state index >= 15 is 0 Å². The van der Waals surface area contributed by atoms with Crippen LogP contribution in [0.3, 0.4) is 0 Å². The number of anilines is 2. The van der Waals surface area contributed by atoms with Gasteiger partial charge in [0.05, 0.1) is 0 Å². The summed E-state index contributed by atoms with van der Waals surface area (Å²) in [5.41, 5.74) is 1.49. The second-order valence-electron chi connectivity index (χ2n) is 5.69. The minimum Gasteiger partial charge on any atom is -0.348 e. The Balaban J connectivity index is 1.59. The largest absolute Gasteiger partial charge is 0.348 e. The van der Waals surface area contributed by atoms with E-state index in [0.29, 0.717) is 11.7 Å². The summed E-state index contributed by atoms with van der Waals surface area (Å²) in [5.74, 6) is -0.0516. The van der Waals surface area contributed by atoms with Crippen molar-refractivity contribution < 1.29 is 4.79 Å². The molecule has 1 fully saturated rings. The molecule has 0 spiro atoms. The molecule has 1 aromatic heterocycles. The van der Waals surface area contributed by atoms with Gasteiger partial charge in [-0.2, -0.15) is 0 Å². The van der Waals surface area contributed by atoms with Crippen LogP contribution < -0.4 is 10.6 Å². The van der Waals surface area contributed by atoms with Crippen molar-refractivity contribution in [1.82, 2.24) is 10.3 Å². The first-order chi connectivity index (χ1) is 10.8. The van der Waals surface area contributed by atoms with Crippen molar-refractivity contribution in [1.29, 1.82) is 0 Å². The molecule has 1 amide bonds. The van der Waals surface area contributed by atoms with Crippen LogP contribution in [0.2, 0.25) is 0 Å². The number of para-hydroxylation sites is 1. The van der Waals surface area contributed by atoms with Crippen molar-refractivity contribution >= 4 is 28.1 Å². The Morgan fingerprint density at radius 3 is 2.55 bits per heavy atom. The van der Waals surface area contributed by atoms with E-state index in [1.807, 2.05) is 35.7 Å². The molecule has 1 aliphatic carbocycles. The third kappa shape index (κ3) is 4.07. The molecule has 0 atom stereocenters. The highest BCUT2D eigenvalue weighted by molar-refractivity contribution is 7.14. The highest BCUT2D eigenvalue weighted by Crippen LogP contribution is 2.21. The lowest BCUT2D eigenvalue weighted by Crippen LogP contribution is -2.34. The minimum absolute atomic E-state index is 0.0516. The molecule has 1 aromatic carbocycles. The Morgan fingerprint density at radius 1 is 1.09 bits per heavy atom. The van der Waals surface area contributed by atoms with E-state index in [-0.39, 0.29) is 5.91 Å². The number of carbonyl (C=O) groups excluding carboxylic acids is 1. The zero-order valence-corrected chi connectivity index (χ0v) is 13.4. The fourth-order valence-corrected chi connectivity index (χ4v) is 3.47. The minimum atomic E-state index is -0.0516. The van der Waals surface area contributed by atoms with E-state index < -0.39 is 0 Å². The van der Waals surface area contributed by atoms with Gasteiger partial charge in [-0.15, -0.1) is 11.3 Å². The summed E-state index contributed by atoms with van der Waals surface area (Å²) < 4.78 is 0. The van der Waals surface area contributed by atoms with Gasteiger partial charge in [-0.25, -0.2) is 4.98 Å². The maximum Gasteiger partial charge on any atom is 0.271 e. The van der Waals surface area contributed by atoms with Crippen LogP contribution in [0.25, 0.3) is 0 Å². The molecule has 116 valence electrons. The van der Waals surface area contributed by atoms with E-state index in [2.05, 4.69) is 15.6 Å². The van der Waals surface area contributed by atoms with Crippen molar-refractivity contribution in [3.8, 4) is 0 Å². The van der Waals surface area contributed by atoms with E-state index in [9.17, 15) is 4.79 Å². The van der Waals surface area contributed by atoms with E-state index in [1.165, 1.54) is 37.0 Å². The van der Waals surface area contributed by atoms with Crippen LogP contribution in [0.5, 0.6) is 0 Å². The number of nitrogens with zero attached hydrogens (tertiary/aromatic N) is 1. The smallest absolute Gasteiger partial charge is 0.271 e. The van der Waals surface area contributed by atoms with Crippen molar-refractivity contribution in [2.75, 3.05) is 5.32 Å². The van der Waals surface area contributed by atoms with Crippen LogP contribution in [-0.2, 0) is 0 Å². The van der Waals surface area contributed by atoms with Crippen LogP contribution in [0.1, 0.15) is 49.0 Å². The van der Waals surface area contributed by atoms with Gasteiger partial charge in [-0.3, -0.25) is 4.79 Å². The second kappa shape index (κ2) is 7.40.